The van der Waals surface area contributed by atoms with Crippen LogP contribution in [0.15, 0.2) is 53.4 Å². The topological polar surface area (TPSA) is 84.5 Å². The number of anilines is 1. The van der Waals surface area contributed by atoms with Crippen LogP contribution < -0.4 is 14.8 Å². The Morgan fingerprint density at radius 2 is 1.72 bits per heavy atom. The molecule has 2 amide bonds. The van der Waals surface area contributed by atoms with E-state index >= 15 is 0 Å². The molecule has 0 aliphatic carbocycles. The van der Waals surface area contributed by atoms with Crippen molar-refractivity contribution in [2.24, 2.45) is 0 Å². The smallest absolute Gasteiger partial charge is 0.339 e. The van der Waals surface area contributed by atoms with Crippen LogP contribution in [0.3, 0.4) is 0 Å². The molecule has 0 aromatic heterocycles. The number of carbonyl (C=O) groups excluding carboxylic acids is 1. The molecule has 0 fully saturated rings. The van der Waals surface area contributed by atoms with Crippen molar-refractivity contribution in [2.75, 3.05) is 11.9 Å². The van der Waals surface area contributed by atoms with Crippen LogP contribution in [0.5, 0.6) is 5.75 Å². The molecule has 0 aliphatic heterocycles. The molecule has 0 atom stereocenters. The molecule has 2 N–H and O–H groups in total. The van der Waals surface area contributed by atoms with Gasteiger partial charge in [-0.15, -0.1) is 0 Å². The van der Waals surface area contributed by atoms with Crippen LogP contribution in [0.4, 0.5) is 10.5 Å². The molecule has 6 nitrogen and oxygen atoms in total. The second kappa shape index (κ2) is 8.02. The summed E-state index contributed by atoms with van der Waals surface area (Å²) >= 11 is 0. The lowest BCUT2D eigenvalue weighted by molar-refractivity contribution is 0.252. The number of hydrogen-bond acceptors (Lipinski definition) is 4. The first kappa shape index (κ1) is 18.8. The van der Waals surface area contributed by atoms with Gasteiger partial charge in [0.25, 0.3) is 0 Å². The van der Waals surface area contributed by atoms with Gasteiger partial charge in [-0.25, -0.2) is 4.79 Å². The Morgan fingerprint density at radius 1 is 1.08 bits per heavy atom. The molecule has 2 aromatic carbocycles. The Kier molecular flexibility index (Phi) is 6.03. The van der Waals surface area contributed by atoms with Gasteiger partial charge >= 0.3 is 16.1 Å². The maximum atomic E-state index is 12.5. The summed E-state index contributed by atoms with van der Waals surface area (Å²) in [6.45, 7) is 6.25. The summed E-state index contributed by atoms with van der Waals surface area (Å²) in [7, 11) is -3.95. The quantitative estimate of drug-likeness (QED) is 0.767. The first-order chi connectivity index (χ1) is 11.8. The third kappa shape index (κ3) is 4.96. The van der Waals surface area contributed by atoms with Crippen molar-refractivity contribution < 1.29 is 17.4 Å². The Labute approximate surface area is 148 Å². The van der Waals surface area contributed by atoms with E-state index in [0.29, 0.717) is 18.0 Å². The molecule has 0 saturated carbocycles. The number of nitrogens with one attached hydrogen (secondary N) is 2. The lowest BCUT2D eigenvalue weighted by atomic mass is 10.0. The third-order valence-electron chi connectivity index (χ3n) is 3.48. The fourth-order valence-electron chi connectivity index (χ4n) is 2.24. The van der Waals surface area contributed by atoms with Crippen molar-refractivity contribution in [3.8, 4) is 5.75 Å². The normalized spacial score (nSPS) is 11.2. The number of amides is 2. The molecular formula is C18H22N2O4S. The van der Waals surface area contributed by atoms with Crippen LogP contribution in [0, 0.1) is 0 Å². The lowest BCUT2D eigenvalue weighted by Gasteiger charge is -2.14. The van der Waals surface area contributed by atoms with Crippen molar-refractivity contribution in [3.05, 3.63) is 54.1 Å². The minimum absolute atomic E-state index is 0.0208. The zero-order valence-electron chi connectivity index (χ0n) is 14.4. The van der Waals surface area contributed by atoms with E-state index in [2.05, 4.69) is 10.6 Å². The van der Waals surface area contributed by atoms with E-state index in [1.54, 1.807) is 12.1 Å². The van der Waals surface area contributed by atoms with Gasteiger partial charge in [0.2, 0.25) is 0 Å². The van der Waals surface area contributed by atoms with E-state index in [-0.39, 0.29) is 16.8 Å². The van der Waals surface area contributed by atoms with Gasteiger partial charge in [-0.2, -0.15) is 8.42 Å². The SMILES string of the molecule is CCNC(=O)Nc1ccc(S(=O)(=O)Oc2ccccc2C(C)C)cc1. The van der Waals surface area contributed by atoms with Crippen molar-refractivity contribution in [1.29, 1.82) is 0 Å². The maximum Gasteiger partial charge on any atom is 0.339 e. The number of para-hydroxylation sites is 1. The molecule has 0 heterocycles. The summed E-state index contributed by atoms with van der Waals surface area (Å²) < 4.78 is 30.3. The lowest BCUT2D eigenvalue weighted by Crippen LogP contribution is -2.28. The zero-order chi connectivity index (χ0) is 18.4. The molecule has 0 radical (unpaired) electrons. The van der Waals surface area contributed by atoms with Crippen LogP contribution in [-0.4, -0.2) is 21.0 Å². The number of urea groups is 1. The Balaban J connectivity index is 2.19. The van der Waals surface area contributed by atoms with E-state index in [9.17, 15) is 13.2 Å². The van der Waals surface area contributed by atoms with Crippen LogP contribution in [0.2, 0.25) is 0 Å². The van der Waals surface area contributed by atoms with Gasteiger partial charge in [0, 0.05) is 12.2 Å². The molecule has 7 heteroatoms. The van der Waals surface area contributed by atoms with E-state index in [1.165, 1.54) is 24.3 Å². The Hall–Kier alpha value is -2.54. The summed E-state index contributed by atoms with van der Waals surface area (Å²) in [5.74, 6) is 0.456. The van der Waals surface area contributed by atoms with E-state index in [1.807, 2.05) is 32.9 Å². The van der Waals surface area contributed by atoms with Gasteiger partial charge in [0.05, 0.1) is 0 Å². The second-order valence-corrected chi connectivity index (χ2v) is 7.29. The fourth-order valence-corrected chi connectivity index (χ4v) is 3.19. The molecule has 0 spiro atoms. The van der Waals surface area contributed by atoms with E-state index in [4.69, 9.17) is 4.18 Å². The summed E-state index contributed by atoms with van der Waals surface area (Å²) in [6, 6.07) is 12.5. The van der Waals surface area contributed by atoms with Crippen LogP contribution >= 0.6 is 0 Å². The van der Waals surface area contributed by atoms with Crippen LogP contribution in [0.25, 0.3) is 0 Å². The van der Waals surface area contributed by atoms with Crippen LogP contribution in [-0.2, 0) is 10.1 Å². The van der Waals surface area contributed by atoms with Crippen molar-refractivity contribution in [1.82, 2.24) is 5.32 Å². The summed E-state index contributed by atoms with van der Waals surface area (Å²) in [6.07, 6.45) is 0. The summed E-state index contributed by atoms with van der Waals surface area (Å²) in [5.41, 5.74) is 1.31. The van der Waals surface area contributed by atoms with Crippen molar-refractivity contribution in [2.45, 2.75) is 31.6 Å². The zero-order valence-corrected chi connectivity index (χ0v) is 15.3. The molecule has 25 heavy (non-hydrogen) atoms. The second-order valence-electron chi connectivity index (χ2n) is 5.74. The van der Waals surface area contributed by atoms with Gasteiger partial charge in [0.15, 0.2) is 0 Å². The highest BCUT2D eigenvalue weighted by Gasteiger charge is 2.19. The highest BCUT2D eigenvalue weighted by Crippen LogP contribution is 2.28. The maximum absolute atomic E-state index is 12.5. The standard InChI is InChI=1S/C18H22N2O4S/c1-4-19-18(21)20-14-9-11-15(12-10-14)25(22,23)24-17-8-6-5-7-16(17)13(2)3/h5-13H,4H2,1-3H3,(H2,19,20,21). The van der Waals surface area contributed by atoms with E-state index in [0.717, 1.165) is 5.56 Å². The fraction of sp³-hybridized carbons (Fsp3) is 0.278. The highest BCUT2D eigenvalue weighted by atomic mass is 32.2. The molecule has 2 aromatic rings. The average molecular weight is 362 g/mol. The van der Waals surface area contributed by atoms with Gasteiger partial charge in [-0.1, -0.05) is 32.0 Å². The van der Waals surface area contributed by atoms with Crippen LogP contribution in [0.1, 0.15) is 32.3 Å². The number of carbonyl (C=O) groups is 1. The van der Waals surface area contributed by atoms with Gasteiger partial charge in [0.1, 0.15) is 10.6 Å². The predicted octanol–water partition coefficient (Wildman–Crippen LogP) is 3.72. The molecule has 0 unspecified atom stereocenters. The average Bonchev–Trinajstić information content (AvgIpc) is 2.55. The predicted molar refractivity (Wildman–Crippen MR) is 97.5 cm³/mol. The molecule has 0 saturated heterocycles. The summed E-state index contributed by atoms with van der Waals surface area (Å²) in [5, 5.41) is 5.20. The van der Waals surface area contributed by atoms with E-state index < -0.39 is 10.1 Å². The monoisotopic (exact) mass is 362 g/mol. The largest absolute Gasteiger partial charge is 0.379 e. The molecular weight excluding hydrogens is 340 g/mol. The van der Waals surface area contributed by atoms with Gasteiger partial charge in [-0.3, -0.25) is 0 Å². The van der Waals surface area contributed by atoms with Crippen molar-refractivity contribution >= 4 is 21.8 Å². The molecule has 0 bridgehead atoms. The number of hydrogen-bond donors (Lipinski definition) is 2. The first-order valence-corrected chi connectivity index (χ1v) is 9.42. The molecule has 134 valence electrons. The third-order valence-corrected chi connectivity index (χ3v) is 4.73. The summed E-state index contributed by atoms with van der Waals surface area (Å²) in [4.78, 5) is 11.5. The molecule has 2 rings (SSSR count). The Bertz CT molecular complexity index is 830. The highest BCUT2D eigenvalue weighted by molar-refractivity contribution is 7.87. The Morgan fingerprint density at radius 3 is 2.32 bits per heavy atom. The van der Waals surface area contributed by atoms with Crippen molar-refractivity contribution in [3.63, 3.8) is 0 Å². The van der Waals surface area contributed by atoms with Gasteiger partial charge in [-0.05, 0) is 48.7 Å². The number of rotatable bonds is 6. The molecule has 0 aliphatic rings. The minimum Gasteiger partial charge on any atom is -0.379 e. The first-order valence-electron chi connectivity index (χ1n) is 8.02. The van der Waals surface area contributed by atoms with Gasteiger partial charge < -0.3 is 14.8 Å². The minimum atomic E-state index is -3.95. The number of benzene rings is 2.